The molecule has 3 amide bonds. The lowest BCUT2D eigenvalue weighted by atomic mass is 9.85. The topological polar surface area (TPSA) is 66.5 Å². The number of nitrogens with one attached hydrogen (secondary N) is 1. The van der Waals surface area contributed by atoms with E-state index in [-0.39, 0.29) is 47.8 Å². The zero-order valence-electron chi connectivity index (χ0n) is 17.1. The largest absolute Gasteiger partial charge is 0.326 e. The zero-order chi connectivity index (χ0) is 21.7. The Morgan fingerprint density at radius 2 is 1.74 bits per heavy atom. The van der Waals surface area contributed by atoms with E-state index >= 15 is 0 Å². The summed E-state index contributed by atoms with van der Waals surface area (Å²) in [4.78, 5) is 41.2. The summed E-state index contributed by atoms with van der Waals surface area (Å²) in [6.45, 7) is 1.93. The maximum atomic E-state index is 13.4. The molecule has 5 unspecified atom stereocenters. The number of aryl methyl sites for hydroxylation is 1. The van der Waals surface area contributed by atoms with E-state index in [1.165, 1.54) is 4.90 Å². The first kappa shape index (κ1) is 20.2. The number of likely N-dealkylation sites (tertiary alicyclic amines) is 1. The second-order valence-corrected chi connectivity index (χ2v) is 9.60. The van der Waals surface area contributed by atoms with Gasteiger partial charge in [0.1, 0.15) is 0 Å². The molecule has 2 bridgehead atoms. The third-order valence-corrected chi connectivity index (χ3v) is 7.34. The lowest BCUT2D eigenvalue weighted by molar-refractivity contribution is -0.144. The molecule has 6 heteroatoms. The van der Waals surface area contributed by atoms with Crippen LogP contribution in [0.25, 0.3) is 0 Å². The Balaban J connectivity index is 1.46. The number of halogens is 1. The molecule has 1 saturated carbocycles. The van der Waals surface area contributed by atoms with Crippen molar-refractivity contribution in [3.8, 4) is 0 Å². The Hall–Kier alpha value is -2.73. The minimum atomic E-state index is -0.633. The van der Waals surface area contributed by atoms with Crippen LogP contribution in [-0.2, 0) is 14.4 Å². The first-order chi connectivity index (χ1) is 14.9. The van der Waals surface area contributed by atoms with Gasteiger partial charge in [-0.15, -0.1) is 0 Å². The molecule has 2 aromatic carbocycles. The second-order valence-electron chi connectivity index (χ2n) is 8.68. The van der Waals surface area contributed by atoms with Crippen LogP contribution in [0.2, 0.25) is 0 Å². The number of fused-ring (bicyclic) bond motifs is 5. The van der Waals surface area contributed by atoms with Gasteiger partial charge >= 0.3 is 0 Å². The molecule has 31 heavy (non-hydrogen) atoms. The van der Waals surface area contributed by atoms with Crippen LogP contribution in [0.4, 0.5) is 5.69 Å². The number of hydrogen-bond donors (Lipinski definition) is 1. The van der Waals surface area contributed by atoms with Gasteiger partial charge in [-0.1, -0.05) is 58.4 Å². The van der Waals surface area contributed by atoms with E-state index in [1.807, 2.05) is 55.5 Å². The fourth-order valence-corrected chi connectivity index (χ4v) is 5.81. The molecule has 0 radical (unpaired) electrons. The average Bonchev–Trinajstić information content (AvgIpc) is 3.42. The average molecular weight is 479 g/mol. The van der Waals surface area contributed by atoms with Crippen molar-refractivity contribution in [2.75, 3.05) is 5.32 Å². The highest BCUT2D eigenvalue weighted by Gasteiger charge is 2.60. The standard InChI is InChI=1S/C25H23BrN2O3/c1-14-5-2-3-8-19(14)27-21(29)13-20(15-6-4-7-18(26)12-15)28-24(30)22-16-9-10-17(11-16)23(22)25(28)31/h2-10,12,16-17,20,22-23H,11,13H2,1H3,(H,27,29). The zero-order valence-corrected chi connectivity index (χ0v) is 18.7. The lowest BCUT2D eigenvalue weighted by Crippen LogP contribution is -2.38. The number of hydrogen-bond acceptors (Lipinski definition) is 3. The van der Waals surface area contributed by atoms with Crippen molar-refractivity contribution in [1.82, 2.24) is 4.90 Å². The van der Waals surface area contributed by atoms with Crippen LogP contribution in [0.5, 0.6) is 0 Å². The maximum Gasteiger partial charge on any atom is 0.234 e. The van der Waals surface area contributed by atoms with Crippen LogP contribution >= 0.6 is 15.9 Å². The molecule has 1 saturated heterocycles. The fraction of sp³-hybridized carbons (Fsp3) is 0.320. The Bertz CT molecular complexity index is 1080. The van der Waals surface area contributed by atoms with Crippen LogP contribution < -0.4 is 5.32 Å². The van der Waals surface area contributed by atoms with Crippen LogP contribution in [-0.4, -0.2) is 22.6 Å². The third kappa shape index (κ3) is 3.43. The molecule has 5 atom stereocenters. The molecule has 1 aliphatic heterocycles. The van der Waals surface area contributed by atoms with Gasteiger partial charge < -0.3 is 5.32 Å². The minimum Gasteiger partial charge on any atom is -0.326 e. The van der Waals surface area contributed by atoms with Gasteiger partial charge in [-0.3, -0.25) is 19.3 Å². The molecular weight excluding hydrogens is 456 g/mol. The normalized spacial score (nSPS) is 27.0. The molecule has 2 aliphatic carbocycles. The Morgan fingerprint density at radius 1 is 1.06 bits per heavy atom. The monoisotopic (exact) mass is 478 g/mol. The van der Waals surface area contributed by atoms with E-state index < -0.39 is 6.04 Å². The van der Waals surface area contributed by atoms with E-state index in [9.17, 15) is 14.4 Å². The van der Waals surface area contributed by atoms with Gasteiger partial charge in [-0.2, -0.15) is 0 Å². The number of carbonyl (C=O) groups is 3. The van der Waals surface area contributed by atoms with Crippen molar-refractivity contribution in [3.63, 3.8) is 0 Å². The van der Waals surface area contributed by atoms with E-state index in [4.69, 9.17) is 0 Å². The molecule has 0 aromatic heterocycles. The minimum absolute atomic E-state index is 0.0183. The summed E-state index contributed by atoms with van der Waals surface area (Å²) in [5.74, 6) is -0.784. The number of benzene rings is 2. The van der Waals surface area contributed by atoms with Crippen LogP contribution in [0, 0.1) is 30.6 Å². The highest BCUT2D eigenvalue weighted by molar-refractivity contribution is 9.10. The molecule has 5 rings (SSSR count). The summed E-state index contributed by atoms with van der Waals surface area (Å²) in [5, 5.41) is 2.95. The van der Waals surface area contributed by atoms with Crippen molar-refractivity contribution in [2.24, 2.45) is 23.7 Å². The molecule has 5 nitrogen and oxygen atoms in total. The molecule has 1 heterocycles. The number of imide groups is 1. The third-order valence-electron chi connectivity index (χ3n) is 6.85. The summed E-state index contributed by atoms with van der Waals surface area (Å²) in [7, 11) is 0. The van der Waals surface area contributed by atoms with Gasteiger partial charge in [0, 0.05) is 10.2 Å². The van der Waals surface area contributed by atoms with Gasteiger partial charge in [-0.05, 0) is 54.5 Å². The number of nitrogens with zero attached hydrogens (tertiary/aromatic N) is 1. The van der Waals surface area contributed by atoms with Gasteiger partial charge in [-0.25, -0.2) is 0 Å². The fourth-order valence-electron chi connectivity index (χ4n) is 5.39. The van der Waals surface area contributed by atoms with Crippen molar-refractivity contribution in [2.45, 2.75) is 25.8 Å². The number of para-hydroxylation sites is 1. The van der Waals surface area contributed by atoms with E-state index in [0.29, 0.717) is 0 Å². The molecule has 158 valence electrons. The SMILES string of the molecule is Cc1ccccc1NC(=O)CC(c1cccc(Br)c1)N1C(=O)C2C3C=CC(C3)C2C1=O. The van der Waals surface area contributed by atoms with E-state index in [2.05, 4.69) is 33.4 Å². The van der Waals surface area contributed by atoms with Crippen LogP contribution in [0.15, 0.2) is 65.2 Å². The molecule has 2 fully saturated rings. The molecule has 1 N–H and O–H groups in total. The molecule has 3 aliphatic rings. The van der Waals surface area contributed by atoms with Crippen molar-refractivity contribution in [3.05, 3.63) is 76.3 Å². The van der Waals surface area contributed by atoms with Gasteiger partial charge in [0.2, 0.25) is 17.7 Å². The first-order valence-corrected chi connectivity index (χ1v) is 11.4. The predicted octanol–water partition coefficient (Wildman–Crippen LogP) is 4.63. The van der Waals surface area contributed by atoms with Crippen molar-refractivity contribution in [1.29, 1.82) is 0 Å². The Kier molecular flexibility index (Phi) is 5.05. The van der Waals surface area contributed by atoms with E-state index in [0.717, 1.165) is 27.7 Å². The Labute approximate surface area is 189 Å². The van der Waals surface area contributed by atoms with Crippen LogP contribution in [0.3, 0.4) is 0 Å². The summed E-state index contributed by atoms with van der Waals surface area (Å²) in [6.07, 6.45) is 5.07. The number of rotatable bonds is 5. The second kappa shape index (κ2) is 7.75. The molecule has 2 aromatic rings. The highest BCUT2D eigenvalue weighted by Crippen LogP contribution is 2.54. The molecule has 0 spiro atoms. The van der Waals surface area contributed by atoms with Crippen LogP contribution in [0.1, 0.15) is 30.0 Å². The summed E-state index contributed by atoms with van der Waals surface area (Å²) in [5.41, 5.74) is 2.47. The summed E-state index contributed by atoms with van der Waals surface area (Å²) in [6, 6.07) is 14.4. The summed E-state index contributed by atoms with van der Waals surface area (Å²) >= 11 is 3.48. The van der Waals surface area contributed by atoms with Gasteiger partial charge in [0.25, 0.3) is 0 Å². The Morgan fingerprint density at radius 3 is 2.39 bits per heavy atom. The molecular formula is C25H23BrN2O3. The van der Waals surface area contributed by atoms with Gasteiger partial charge in [0.15, 0.2) is 0 Å². The quantitative estimate of drug-likeness (QED) is 0.502. The van der Waals surface area contributed by atoms with Gasteiger partial charge in [0.05, 0.1) is 24.3 Å². The maximum absolute atomic E-state index is 13.4. The number of allylic oxidation sites excluding steroid dienone is 2. The van der Waals surface area contributed by atoms with E-state index in [1.54, 1.807) is 0 Å². The van der Waals surface area contributed by atoms with Crippen molar-refractivity contribution >= 4 is 39.3 Å². The summed E-state index contributed by atoms with van der Waals surface area (Å²) < 4.78 is 0.843. The number of amides is 3. The number of anilines is 1. The number of carbonyl (C=O) groups excluding carboxylic acids is 3. The lowest BCUT2D eigenvalue weighted by Gasteiger charge is -2.28. The predicted molar refractivity (Wildman–Crippen MR) is 121 cm³/mol. The van der Waals surface area contributed by atoms with Crippen molar-refractivity contribution < 1.29 is 14.4 Å². The smallest absolute Gasteiger partial charge is 0.234 e. The highest BCUT2D eigenvalue weighted by atomic mass is 79.9. The first-order valence-electron chi connectivity index (χ1n) is 10.6.